The summed E-state index contributed by atoms with van der Waals surface area (Å²) in [5, 5.41) is 9.81. The number of hydrogen-bond donors (Lipinski definition) is 0. The second-order valence-electron chi connectivity index (χ2n) is 12.9. The summed E-state index contributed by atoms with van der Waals surface area (Å²) in [5.41, 5.74) is 9.94. The van der Waals surface area contributed by atoms with E-state index < -0.39 is 0 Å². The van der Waals surface area contributed by atoms with Crippen LogP contribution in [0.5, 0.6) is 0 Å². The highest BCUT2D eigenvalue weighted by atomic mass is 16.3. The van der Waals surface area contributed by atoms with Crippen LogP contribution >= 0.6 is 0 Å². The van der Waals surface area contributed by atoms with Crippen LogP contribution in [0, 0.1) is 0 Å². The number of rotatable bonds is 5. The smallest absolute Gasteiger partial charge is 0.136 e. The van der Waals surface area contributed by atoms with Crippen molar-refractivity contribution in [2.24, 2.45) is 0 Å². The van der Waals surface area contributed by atoms with Gasteiger partial charge in [0.05, 0.1) is 0 Å². The second-order valence-corrected chi connectivity index (χ2v) is 12.9. The minimum Gasteiger partial charge on any atom is -0.456 e. The molecule has 9 aromatic carbocycles. The predicted octanol–water partition coefficient (Wildman–Crippen LogP) is 13.8. The fraction of sp³-hybridized carbons (Fsp3) is 0. The largest absolute Gasteiger partial charge is 0.456 e. The van der Waals surface area contributed by atoms with Crippen molar-refractivity contribution in [2.45, 2.75) is 0 Å². The molecule has 0 aliphatic rings. The number of furan rings is 1. The first-order chi connectivity index (χ1) is 24.8. The summed E-state index contributed by atoms with van der Waals surface area (Å²) in [5.74, 6) is 0. The van der Waals surface area contributed by atoms with Crippen molar-refractivity contribution in [2.75, 3.05) is 4.90 Å². The predicted molar refractivity (Wildman–Crippen MR) is 212 cm³/mol. The molecule has 0 fully saturated rings. The average molecular weight is 638 g/mol. The molecule has 0 atom stereocenters. The van der Waals surface area contributed by atoms with Crippen LogP contribution in [0.25, 0.3) is 76.5 Å². The number of fused-ring (bicyclic) bond motifs is 10. The van der Waals surface area contributed by atoms with E-state index in [1.807, 2.05) is 6.07 Å². The summed E-state index contributed by atoms with van der Waals surface area (Å²) in [6.45, 7) is 0. The molecule has 0 aliphatic carbocycles. The molecular weight excluding hydrogens is 607 g/mol. The molecule has 50 heavy (non-hydrogen) atoms. The maximum Gasteiger partial charge on any atom is 0.136 e. The van der Waals surface area contributed by atoms with E-state index in [9.17, 15) is 0 Å². The van der Waals surface area contributed by atoms with Crippen LogP contribution in [-0.4, -0.2) is 0 Å². The van der Waals surface area contributed by atoms with Crippen molar-refractivity contribution in [3.63, 3.8) is 0 Å². The molecule has 0 amide bonds. The highest BCUT2D eigenvalue weighted by molar-refractivity contribution is 6.34. The molecule has 2 heteroatoms. The van der Waals surface area contributed by atoms with Gasteiger partial charge in [0.25, 0.3) is 0 Å². The summed E-state index contributed by atoms with van der Waals surface area (Å²) in [6, 6.07) is 67.4. The first-order valence-corrected chi connectivity index (χ1v) is 17.1. The van der Waals surface area contributed by atoms with Gasteiger partial charge in [0.1, 0.15) is 11.2 Å². The quantitative estimate of drug-likeness (QED) is 0.175. The average Bonchev–Trinajstić information content (AvgIpc) is 3.58. The highest BCUT2D eigenvalue weighted by Gasteiger charge is 2.18. The first kappa shape index (κ1) is 28.4. The van der Waals surface area contributed by atoms with Crippen molar-refractivity contribution >= 4 is 71.3 Å². The van der Waals surface area contributed by atoms with Crippen LogP contribution in [0.2, 0.25) is 0 Å². The zero-order valence-corrected chi connectivity index (χ0v) is 27.3. The topological polar surface area (TPSA) is 16.4 Å². The van der Waals surface area contributed by atoms with Gasteiger partial charge in [-0.1, -0.05) is 127 Å². The molecule has 1 aromatic heterocycles. The SMILES string of the molecule is c1ccc(-c2ccc(N(c3ccccc3)c3cccc(-c4ccc5c6ccccc6c6c(ccc7oc8ccccc8c76)c5c4)c3)cc2)cc1. The zero-order chi connectivity index (χ0) is 33.0. The summed E-state index contributed by atoms with van der Waals surface area (Å²) < 4.78 is 6.35. The monoisotopic (exact) mass is 637 g/mol. The maximum absolute atomic E-state index is 6.35. The molecule has 0 aliphatic heterocycles. The summed E-state index contributed by atoms with van der Waals surface area (Å²) in [7, 11) is 0. The van der Waals surface area contributed by atoms with Gasteiger partial charge in [-0.2, -0.15) is 0 Å². The Labute approximate surface area is 290 Å². The van der Waals surface area contributed by atoms with Gasteiger partial charge in [-0.3, -0.25) is 0 Å². The first-order valence-electron chi connectivity index (χ1n) is 17.1. The third-order valence-electron chi connectivity index (χ3n) is 10.0. The van der Waals surface area contributed by atoms with Crippen LogP contribution in [-0.2, 0) is 0 Å². The van der Waals surface area contributed by atoms with E-state index in [-0.39, 0.29) is 0 Å². The Bertz CT molecular complexity index is 2850. The van der Waals surface area contributed by atoms with Gasteiger partial charge in [-0.15, -0.1) is 0 Å². The Morgan fingerprint density at radius 3 is 1.64 bits per heavy atom. The minimum atomic E-state index is 0.919. The lowest BCUT2D eigenvalue weighted by molar-refractivity contribution is 0.669. The molecule has 0 unspecified atom stereocenters. The standard InChI is InChI=1S/C48H31NO/c1-3-12-32(13-4-1)33-22-25-37(26-23-33)49(36-15-5-2-6-16-36)38-17-11-14-34(30-38)35-24-27-40-39-18-7-8-19-41(39)47-42(44(40)31-35)28-29-46-48(47)43-20-9-10-21-45(43)50-46/h1-31H. The van der Waals surface area contributed by atoms with Gasteiger partial charge in [-0.25, -0.2) is 0 Å². The van der Waals surface area contributed by atoms with E-state index >= 15 is 0 Å². The van der Waals surface area contributed by atoms with Crippen LogP contribution in [0.15, 0.2) is 192 Å². The van der Waals surface area contributed by atoms with Gasteiger partial charge >= 0.3 is 0 Å². The Morgan fingerprint density at radius 1 is 0.280 bits per heavy atom. The molecule has 0 spiro atoms. The molecule has 234 valence electrons. The van der Waals surface area contributed by atoms with Crippen molar-refractivity contribution in [3.05, 3.63) is 188 Å². The lowest BCUT2D eigenvalue weighted by atomic mass is 9.90. The van der Waals surface area contributed by atoms with E-state index in [1.54, 1.807) is 0 Å². The molecule has 10 aromatic rings. The molecular formula is C48H31NO. The Balaban J connectivity index is 1.15. The summed E-state index contributed by atoms with van der Waals surface area (Å²) in [6.07, 6.45) is 0. The van der Waals surface area contributed by atoms with Crippen molar-refractivity contribution in [1.82, 2.24) is 0 Å². The molecule has 10 rings (SSSR count). The third kappa shape index (κ3) is 4.57. The van der Waals surface area contributed by atoms with Gasteiger partial charge in [0.2, 0.25) is 0 Å². The lowest BCUT2D eigenvalue weighted by Gasteiger charge is -2.26. The highest BCUT2D eigenvalue weighted by Crippen LogP contribution is 2.44. The van der Waals surface area contributed by atoms with Gasteiger partial charge < -0.3 is 9.32 Å². The number of nitrogens with zero attached hydrogens (tertiary/aromatic N) is 1. The number of anilines is 3. The van der Waals surface area contributed by atoms with E-state index in [4.69, 9.17) is 4.42 Å². The zero-order valence-electron chi connectivity index (χ0n) is 27.3. The third-order valence-corrected chi connectivity index (χ3v) is 10.0. The van der Waals surface area contributed by atoms with Crippen molar-refractivity contribution < 1.29 is 4.42 Å². The molecule has 0 saturated heterocycles. The normalized spacial score (nSPS) is 11.6. The van der Waals surface area contributed by atoms with E-state index in [2.05, 4.69) is 187 Å². The van der Waals surface area contributed by atoms with Gasteiger partial charge in [-0.05, 0) is 110 Å². The molecule has 0 saturated carbocycles. The molecule has 0 radical (unpaired) electrons. The number of benzene rings is 9. The molecule has 1 heterocycles. The summed E-state index contributed by atoms with van der Waals surface area (Å²) in [4.78, 5) is 2.34. The molecule has 2 nitrogen and oxygen atoms in total. The molecule has 0 bridgehead atoms. The van der Waals surface area contributed by atoms with Gasteiger partial charge in [0.15, 0.2) is 0 Å². The van der Waals surface area contributed by atoms with E-state index in [0.717, 1.165) is 33.6 Å². The Hall–Kier alpha value is -6.64. The fourth-order valence-corrected chi connectivity index (χ4v) is 7.72. The lowest BCUT2D eigenvalue weighted by Crippen LogP contribution is -2.09. The number of hydrogen-bond acceptors (Lipinski definition) is 2. The van der Waals surface area contributed by atoms with Crippen molar-refractivity contribution in [1.29, 1.82) is 0 Å². The van der Waals surface area contributed by atoms with Gasteiger partial charge in [0, 0.05) is 33.2 Å². The second kappa shape index (κ2) is 11.5. The van der Waals surface area contributed by atoms with Crippen LogP contribution in [0.3, 0.4) is 0 Å². The Morgan fingerprint density at radius 2 is 0.820 bits per heavy atom. The van der Waals surface area contributed by atoms with E-state index in [1.165, 1.54) is 60.0 Å². The van der Waals surface area contributed by atoms with Crippen LogP contribution < -0.4 is 4.90 Å². The van der Waals surface area contributed by atoms with Crippen LogP contribution in [0.4, 0.5) is 17.1 Å². The Kier molecular flexibility index (Phi) is 6.53. The fourth-order valence-electron chi connectivity index (χ4n) is 7.72. The van der Waals surface area contributed by atoms with Crippen LogP contribution in [0.1, 0.15) is 0 Å². The van der Waals surface area contributed by atoms with E-state index in [0.29, 0.717) is 0 Å². The maximum atomic E-state index is 6.35. The minimum absolute atomic E-state index is 0.919. The number of para-hydroxylation sites is 2. The summed E-state index contributed by atoms with van der Waals surface area (Å²) >= 11 is 0. The van der Waals surface area contributed by atoms with Crippen molar-refractivity contribution in [3.8, 4) is 22.3 Å². The molecule has 0 N–H and O–H groups in total.